The lowest BCUT2D eigenvalue weighted by molar-refractivity contribution is 0.323. The van der Waals surface area contributed by atoms with Gasteiger partial charge in [0.2, 0.25) is 0 Å². The Kier molecular flexibility index (Phi) is 5.74. The van der Waals surface area contributed by atoms with Crippen LogP contribution in [0.4, 0.5) is 0 Å². The molecule has 2 aromatic rings. The largest absolute Gasteiger partial charge is 0.366 e. The van der Waals surface area contributed by atoms with E-state index in [9.17, 15) is 4.79 Å². The van der Waals surface area contributed by atoms with Crippen LogP contribution in [-0.4, -0.2) is 54.1 Å². The van der Waals surface area contributed by atoms with Gasteiger partial charge in [-0.15, -0.1) is 0 Å². The minimum absolute atomic E-state index is 0.0601. The van der Waals surface area contributed by atoms with Crippen LogP contribution in [0.1, 0.15) is 11.1 Å². The predicted molar refractivity (Wildman–Crippen MR) is 99.9 cm³/mol. The number of benzene rings is 1. The van der Waals surface area contributed by atoms with Gasteiger partial charge in [0.1, 0.15) is 0 Å². The first-order chi connectivity index (χ1) is 10.9. The van der Waals surface area contributed by atoms with Crippen LogP contribution < -0.4 is 10.9 Å². The molecular weight excluding hydrogens is 308 g/mol. The molecule has 0 fully saturated rings. The lowest BCUT2D eigenvalue weighted by atomic mass is 10.1. The van der Waals surface area contributed by atoms with Crippen LogP contribution in [0.3, 0.4) is 0 Å². The highest BCUT2D eigenvalue weighted by atomic mass is 32.1. The Morgan fingerprint density at radius 3 is 2.65 bits per heavy atom. The Labute approximate surface area is 142 Å². The van der Waals surface area contributed by atoms with Crippen molar-refractivity contribution in [1.29, 1.82) is 0 Å². The molecule has 2 N–H and O–H groups in total. The van der Waals surface area contributed by atoms with Gasteiger partial charge in [-0.25, -0.2) is 0 Å². The highest BCUT2D eigenvalue weighted by Gasteiger charge is 2.12. The first-order valence-corrected chi connectivity index (χ1v) is 8.05. The maximum atomic E-state index is 12.3. The molecule has 0 radical (unpaired) electrons. The highest BCUT2D eigenvalue weighted by Crippen LogP contribution is 2.14. The van der Waals surface area contributed by atoms with Gasteiger partial charge in [-0.2, -0.15) is 0 Å². The lowest BCUT2D eigenvalue weighted by Crippen LogP contribution is -2.42. The summed E-state index contributed by atoms with van der Waals surface area (Å²) >= 11 is 5.37. The molecule has 5 nitrogen and oxygen atoms in total. The number of aromatic amines is 1. The van der Waals surface area contributed by atoms with Crippen molar-refractivity contribution < 1.29 is 0 Å². The zero-order valence-electron chi connectivity index (χ0n) is 14.1. The maximum Gasteiger partial charge on any atom is 0.253 e. The molecule has 0 aliphatic carbocycles. The number of hydrogen-bond donors (Lipinski definition) is 2. The van der Waals surface area contributed by atoms with E-state index in [1.807, 2.05) is 44.1 Å². The average molecular weight is 332 g/mol. The van der Waals surface area contributed by atoms with E-state index in [-0.39, 0.29) is 5.56 Å². The molecule has 0 saturated carbocycles. The molecule has 124 valence electrons. The van der Waals surface area contributed by atoms with E-state index >= 15 is 0 Å². The third-order valence-electron chi connectivity index (χ3n) is 3.76. The third-order valence-corrected chi connectivity index (χ3v) is 4.22. The van der Waals surface area contributed by atoms with Crippen molar-refractivity contribution in [1.82, 2.24) is 20.1 Å². The van der Waals surface area contributed by atoms with E-state index in [0.29, 0.717) is 11.7 Å². The Hall–Kier alpha value is -1.92. The van der Waals surface area contributed by atoms with Crippen LogP contribution in [0.5, 0.6) is 0 Å². The highest BCUT2D eigenvalue weighted by molar-refractivity contribution is 7.80. The van der Waals surface area contributed by atoms with Crippen LogP contribution in [0.15, 0.2) is 29.1 Å². The second-order valence-corrected chi connectivity index (χ2v) is 6.38. The number of nitrogens with zero attached hydrogens (tertiary/aromatic N) is 2. The maximum absolute atomic E-state index is 12.3. The van der Waals surface area contributed by atoms with Gasteiger partial charge in [0.15, 0.2) is 5.11 Å². The van der Waals surface area contributed by atoms with Crippen LogP contribution in [0.25, 0.3) is 10.9 Å². The summed E-state index contributed by atoms with van der Waals surface area (Å²) in [5.41, 5.74) is 2.70. The summed E-state index contributed by atoms with van der Waals surface area (Å²) in [7, 11) is 5.84. The minimum atomic E-state index is -0.0601. The number of likely N-dealkylation sites (N-methyl/N-ethyl adjacent to an activating group) is 1. The van der Waals surface area contributed by atoms with Gasteiger partial charge >= 0.3 is 0 Å². The average Bonchev–Trinajstić information content (AvgIpc) is 2.51. The van der Waals surface area contributed by atoms with Crippen molar-refractivity contribution in [2.45, 2.75) is 13.5 Å². The van der Waals surface area contributed by atoms with Gasteiger partial charge < -0.3 is 20.1 Å². The molecule has 0 saturated heterocycles. The van der Waals surface area contributed by atoms with Crippen molar-refractivity contribution in [3.8, 4) is 0 Å². The fourth-order valence-corrected chi connectivity index (χ4v) is 2.58. The zero-order valence-corrected chi connectivity index (χ0v) is 15.0. The molecule has 0 unspecified atom stereocenters. The van der Waals surface area contributed by atoms with Gasteiger partial charge in [0.05, 0.1) is 6.54 Å². The molecule has 0 atom stereocenters. The standard InChI is InChI=1S/C17H24N4OS/c1-12-5-6-15-13(9-12)10-14(16(22)19-15)11-21(17(23)18-2)8-7-20(3)4/h5-6,9-10H,7-8,11H2,1-4H3,(H,18,23)(H,19,22). The molecule has 0 aliphatic heterocycles. The van der Waals surface area contributed by atoms with E-state index in [1.54, 1.807) is 7.05 Å². The van der Waals surface area contributed by atoms with Crippen molar-refractivity contribution in [3.05, 3.63) is 45.7 Å². The SMILES string of the molecule is CNC(=S)N(CCN(C)C)Cc1cc2cc(C)ccc2[nH]c1=O. The molecule has 0 aliphatic rings. The number of fused-ring (bicyclic) bond motifs is 1. The predicted octanol–water partition coefficient (Wildman–Crippen LogP) is 1.70. The second-order valence-electron chi connectivity index (χ2n) is 5.99. The molecule has 1 aromatic carbocycles. The minimum Gasteiger partial charge on any atom is -0.366 e. The Balaban J connectivity index is 2.31. The van der Waals surface area contributed by atoms with E-state index in [4.69, 9.17) is 12.2 Å². The number of hydrogen-bond acceptors (Lipinski definition) is 3. The zero-order chi connectivity index (χ0) is 17.0. The molecule has 0 spiro atoms. The summed E-state index contributed by atoms with van der Waals surface area (Å²) in [6, 6.07) is 7.98. The Morgan fingerprint density at radius 1 is 1.26 bits per heavy atom. The van der Waals surface area contributed by atoms with Crippen LogP contribution in [-0.2, 0) is 6.54 Å². The van der Waals surface area contributed by atoms with Gasteiger partial charge in [0, 0.05) is 31.2 Å². The summed E-state index contributed by atoms with van der Waals surface area (Å²) in [5, 5.41) is 4.69. The van der Waals surface area contributed by atoms with Crippen LogP contribution in [0.2, 0.25) is 0 Å². The van der Waals surface area contributed by atoms with Crippen molar-refractivity contribution in [2.24, 2.45) is 0 Å². The van der Waals surface area contributed by atoms with Crippen molar-refractivity contribution in [2.75, 3.05) is 34.2 Å². The number of aromatic nitrogens is 1. The van der Waals surface area contributed by atoms with Gasteiger partial charge in [0.25, 0.3) is 5.56 Å². The normalized spacial score (nSPS) is 11.0. The molecular formula is C17H24N4OS. The number of thiocarbonyl (C=S) groups is 1. The summed E-state index contributed by atoms with van der Waals surface area (Å²) in [6.45, 7) is 4.17. The van der Waals surface area contributed by atoms with Gasteiger partial charge in [-0.3, -0.25) is 4.79 Å². The molecule has 23 heavy (non-hydrogen) atoms. The lowest BCUT2D eigenvalue weighted by Gasteiger charge is -2.26. The van der Waals surface area contributed by atoms with Crippen LogP contribution >= 0.6 is 12.2 Å². The van der Waals surface area contributed by atoms with E-state index in [0.717, 1.165) is 29.6 Å². The number of nitrogens with one attached hydrogen (secondary N) is 2. The molecule has 6 heteroatoms. The molecule has 2 rings (SSSR count). The molecule has 0 amide bonds. The molecule has 0 bridgehead atoms. The number of aryl methyl sites for hydroxylation is 1. The fourth-order valence-electron chi connectivity index (χ4n) is 2.43. The number of rotatable bonds is 5. The summed E-state index contributed by atoms with van der Waals surface area (Å²) in [4.78, 5) is 19.4. The number of pyridine rings is 1. The van der Waals surface area contributed by atoms with E-state index in [2.05, 4.69) is 21.3 Å². The van der Waals surface area contributed by atoms with E-state index in [1.165, 1.54) is 5.56 Å². The first-order valence-electron chi connectivity index (χ1n) is 7.64. The topological polar surface area (TPSA) is 51.4 Å². The number of H-pyrrole nitrogens is 1. The second kappa shape index (κ2) is 7.57. The smallest absolute Gasteiger partial charge is 0.253 e. The monoisotopic (exact) mass is 332 g/mol. The fraction of sp³-hybridized carbons (Fsp3) is 0.412. The summed E-state index contributed by atoms with van der Waals surface area (Å²) in [5.74, 6) is 0. The Morgan fingerprint density at radius 2 is 2.00 bits per heavy atom. The first kappa shape index (κ1) is 17.4. The Bertz CT molecular complexity index is 754. The van der Waals surface area contributed by atoms with Gasteiger partial charge in [-0.1, -0.05) is 11.6 Å². The van der Waals surface area contributed by atoms with E-state index < -0.39 is 0 Å². The third kappa shape index (κ3) is 4.53. The summed E-state index contributed by atoms with van der Waals surface area (Å²) < 4.78 is 0. The molecule has 1 heterocycles. The summed E-state index contributed by atoms with van der Waals surface area (Å²) in [6.07, 6.45) is 0. The van der Waals surface area contributed by atoms with Crippen molar-refractivity contribution in [3.63, 3.8) is 0 Å². The van der Waals surface area contributed by atoms with Gasteiger partial charge in [-0.05, 0) is 56.8 Å². The quantitative estimate of drug-likeness (QED) is 0.817. The van der Waals surface area contributed by atoms with Crippen LogP contribution in [0, 0.1) is 6.92 Å². The van der Waals surface area contributed by atoms with Crippen molar-refractivity contribution >= 4 is 28.2 Å². The molecule has 1 aromatic heterocycles.